The molecule has 2 aliphatic rings. The number of hydrogen-bond acceptors (Lipinski definition) is 7. The lowest BCUT2D eigenvalue weighted by Crippen LogP contribution is -2.53. The lowest BCUT2D eigenvalue weighted by atomic mass is 10.1. The molecular weight excluding hydrogens is 570 g/mol. The zero-order valence-electron chi connectivity index (χ0n) is 22.5. The second kappa shape index (κ2) is 13.6. The molecule has 0 aliphatic carbocycles. The Balaban J connectivity index is 1.19. The number of halogens is 3. The van der Waals surface area contributed by atoms with Crippen LogP contribution in [0.4, 0.5) is 10.2 Å². The normalized spacial score (nSPS) is 16.1. The van der Waals surface area contributed by atoms with Gasteiger partial charge in [0.15, 0.2) is 5.82 Å². The first kappa shape index (κ1) is 29.2. The number of aromatic nitrogens is 2. The lowest BCUT2D eigenvalue weighted by molar-refractivity contribution is -0.132. The van der Waals surface area contributed by atoms with Crippen LogP contribution >= 0.6 is 23.2 Å². The molecule has 41 heavy (non-hydrogen) atoms. The summed E-state index contributed by atoms with van der Waals surface area (Å²) in [4.78, 5) is 34.2. The Morgan fingerprint density at radius 2 is 1.63 bits per heavy atom. The van der Waals surface area contributed by atoms with Crippen LogP contribution in [-0.4, -0.2) is 109 Å². The van der Waals surface area contributed by atoms with Gasteiger partial charge in [-0.3, -0.25) is 14.5 Å². The van der Waals surface area contributed by atoms with Gasteiger partial charge in [0, 0.05) is 68.5 Å². The highest BCUT2D eigenvalue weighted by Crippen LogP contribution is 2.29. The number of morpholine rings is 1. The molecule has 3 aromatic rings. The van der Waals surface area contributed by atoms with Crippen molar-refractivity contribution < 1.29 is 18.7 Å². The van der Waals surface area contributed by atoms with Crippen LogP contribution in [-0.2, 0) is 9.53 Å². The number of amides is 2. The summed E-state index contributed by atoms with van der Waals surface area (Å²) in [5.74, 6) is -0.115. The van der Waals surface area contributed by atoms with Gasteiger partial charge in [-0.05, 0) is 54.6 Å². The van der Waals surface area contributed by atoms with Crippen molar-refractivity contribution in [3.63, 3.8) is 0 Å². The highest BCUT2D eigenvalue weighted by atomic mass is 35.5. The first-order chi connectivity index (χ1) is 19.9. The van der Waals surface area contributed by atoms with Crippen molar-refractivity contribution in [3.8, 4) is 11.3 Å². The molecule has 0 N–H and O–H groups in total. The van der Waals surface area contributed by atoms with Crippen molar-refractivity contribution in [2.75, 3.05) is 77.0 Å². The Morgan fingerprint density at radius 3 is 2.29 bits per heavy atom. The van der Waals surface area contributed by atoms with Gasteiger partial charge >= 0.3 is 0 Å². The molecule has 5 rings (SSSR count). The maximum absolute atomic E-state index is 13.4. The van der Waals surface area contributed by atoms with Gasteiger partial charge in [0.25, 0.3) is 5.91 Å². The maximum atomic E-state index is 13.4. The molecule has 0 spiro atoms. The summed E-state index contributed by atoms with van der Waals surface area (Å²) >= 11 is 12.3. The summed E-state index contributed by atoms with van der Waals surface area (Å²) < 4.78 is 18.9. The minimum absolute atomic E-state index is 0.0447. The molecule has 2 amide bonds. The van der Waals surface area contributed by atoms with E-state index in [0.717, 1.165) is 18.7 Å². The first-order valence-electron chi connectivity index (χ1n) is 13.5. The molecule has 2 saturated heterocycles. The number of ether oxygens (including phenoxy) is 1. The molecule has 2 aromatic carbocycles. The third kappa shape index (κ3) is 7.51. The van der Waals surface area contributed by atoms with E-state index in [1.54, 1.807) is 21.9 Å². The summed E-state index contributed by atoms with van der Waals surface area (Å²) in [6.45, 7) is 6.00. The van der Waals surface area contributed by atoms with Crippen LogP contribution in [0.3, 0.4) is 0 Å². The number of piperazine rings is 1. The van der Waals surface area contributed by atoms with E-state index in [1.165, 1.54) is 24.3 Å². The Labute approximate surface area is 248 Å². The highest BCUT2D eigenvalue weighted by Gasteiger charge is 2.26. The molecule has 0 atom stereocenters. The zero-order chi connectivity index (χ0) is 28.8. The first-order valence-corrected chi connectivity index (χ1v) is 14.3. The predicted octanol–water partition coefficient (Wildman–Crippen LogP) is 3.71. The fraction of sp³-hybridized carbons (Fsp3) is 0.379. The van der Waals surface area contributed by atoms with Gasteiger partial charge in [0.05, 0.1) is 23.9 Å². The summed E-state index contributed by atoms with van der Waals surface area (Å²) in [6.07, 6.45) is 0. The Bertz CT molecular complexity index is 1350. The SMILES string of the molecule is O=C(CN(CCN1CCOCC1)C(=O)c1ccc(F)cc1)N1CCN(c2ccc(-c3ccc(Cl)cc3Cl)nn2)CC1. The van der Waals surface area contributed by atoms with Gasteiger partial charge < -0.3 is 19.4 Å². The van der Waals surface area contributed by atoms with Crippen molar-refractivity contribution in [1.82, 2.24) is 24.9 Å². The van der Waals surface area contributed by atoms with E-state index in [2.05, 4.69) is 20.0 Å². The monoisotopic (exact) mass is 600 g/mol. The quantitative estimate of drug-likeness (QED) is 0.390. The number of rotatable bonds is 8. The maximum Gasteiger partial charge on any atom is 0.254 e. The van der Waals surface area contributed by atoms with Gasteiger partial charge in [-0.2, -0.15) is 0 Å². The molecule has 1 aromatic heterocycles. The topological polar surface area (TPSA) is 82.1 Å². The Hall–Kier alpha value is -3.31. The van der Waals surface area contributed by atoms with Crippen LogP contribution in [0, 0.1) is 5.82 Å². The number of benzene rings is 2. The molecule has 3 heterocycles. The largest absolute Gasteiger partial charge is 0.379 e. The summed E-state index contributed by atoms with van der Waals surface area (Å²) in [5, 5.41) is 9.78. The average Bonchev–Trinajstić information content (AvgIpc) is 3.00. The van der Waals surface area contributed by atoms with Crippen LogP contribution in [0.2, 0.25) is 10.0 Å². The Morgan fingerprint density at radius 1 is 0.902 bits per heavy atom. The van der Waals surface area contributed by atoms with Gasteiger partial charge in [-0.25, -0.2) is 4.39 Å². The number of carbonyl (C=O) groups excluding carboxylic acids is 2. The van der Waals surface area contributed by atoms with Crippen molar-refractivity contribution in [3.05, 3.63) is 76.0 Å². The van der Waals surface area contributed by atoms with Gasteiger partial charge in [0.1, 0.15) is 12.4 Å². The van der Waals surface area contributed by atoms with Crippen molar-refractivity contribution in [2.24, 2.45) is 0 Å². The molecule has 0 saturated carbocycles. The third-order valence-electron chi connectivity index (χ3n) is 7.31. The van der Waals surface area contributed by atoms with E-state index < -0.39 is 5.82 Å². The number of anilines is 1. The van der Waals surface area contributed by atoms with E-state index in [-0.39, 0.29) is 18.4 Å². The minimum atomic E-state index is -0.413. The van der Waals surface area contributed by atoms with Crippen molar-refractivity contribution in [1.29, 1.82) is 0 Å². The predicted molar refractivity (Wildman–Crippen MR) is 156 cm³/mol. The van der Waals surface area contributed by atoms with Crippen LogP contribution in [0.15, 0.2) is 54.6 Å². The van der Waals surface area contributed by atoms with Crippen molar-refractivity contribution >= 4 is 40.8 Å². The van der Waals surface area contributed by atoms with E-state index in [9.17, 15) is 14.0 Å². The molecule has 216 valence electrons. The average molecular weight is 602 g/mol. The molecule has 2 aliphatic heterocycles. The molecule has 0 bridgehead atoms. The van der Waals surface area contributed by atoms with Crippen LogP contribution in [0.1, 0.15) is 10.4 Å². The van der Waals surface area contributed by atoms with Gasteiger partial charge in [0.2, 0.25) is 5.91 Å². The Kier molecular flexibility index (Phi) is 9.66. The van der Waals surface area contributed by atoms with Gasteiger partial charge in [-0.15, -0.1) is 10.2 Å². The fourth-order valence-corrected chi connectivity index (χ4v) is 5.40. The number of nitrogens with zero attached hydrogens (tertiary/aromatic N) is 6. The molecule has 2 fully saturated rings. The summed E-state index contributed by atoms with van der Waals surface area (Å²) in [6, 6.07) is 14.4. The highest BCUT2D eigenvalue weighted by molar-refractivity contribution is 6.36. The van der Waals surface area contributed by atoms with E-state index in [1.807, 2.05) is 18.2 Å². The van der Waals surface area contributed by atoms with Crippen LogP contribution in [0.5, 0.6) is 0 Å². The van der Waals surface area contributed by atoms with Crippen LogP contribution in [0.25, 0.3) is 11.3 Å². The molecular formula is C29H31Cl2FN6O3. The van der Waals surface area contributed by atoms with Crippen LogP contribution < -0.4 is 4.90 Å². The second-order valence-corrected chi connectivity index (χ2v) is 10.8. The second-order valence-electron chi connectivity index (χ2n) is 9.96. The standard InChI is InChI=1S/C29H31Cl2FN6O3/c30-22-3-6-24(25(31)19-22)26-7-8-27(34-33-26)36-11-13-37(14-12-36)28(39)20-38(10-9-35-15-17-41-18-16-35)29(40)21-1-4-23(32)5-2-21/h1-8,19H,9-18,20H2. The zero-order valence-corrected chi connectivity index (χ0v) is 24.0. The molecule has 9 nitrogen and oxygen atoms in total. The fourth-order valence-electron chi connectivity index (χ4n) is 4.90. The van der Waals surface area contributed by atoms with E-state index in [0.29, 0.717) is 79.6 Å². The molecule has 0 unspecified atom stereocenters. The smallest absolute Gasteiger partial charge is 0.254 e. The van der Waals surface area contributed by atoms with E-state index >= 15 is 0 Å². The number of hydrogen-bond donors (Lipinski definition) is 0. The molecule has 0 radical (unpaired) electrons. The number of carbonyl (C=O) groups is 2. The minimum Gasteiger partial charge on any atom is -0.379 e. The van der Waals surface area contributed by atoms with Crippen molar-refractivity contribution in [2.45, 2.75) is 0 Å². The molecule has 12 heteroatoms. The van der Waals surface area contributed by atoms with Gasteiger partial charge in [-0.1, -0.05) is 23.2 Å². The summed E-state index contributed by atoms with van der Waals surface area (Å²) in [5.41, 5.74) is 1.75. The lowest BCUT2D eigenvalue weighted by Gasteiger charge is -2.36. The third-order valence-corrected chi connectivity index (χ3v) is 7.86. The van der Waals surface area contributed by atoms with E-state index in [4.69, 9.17) is 27.9 Å². The summed E-state index contributed by atoms with van der Waals surface area (Å²) in [7, 11) is 0.